The summed E-state index contributed by atoms with van der Waals surface area (Å²) in [6.07, 6.45) is 3.92. The molecular weight excluding hydrogens is 368 g/mol. The van der Waals surface area contributed by atoms with Gasteiger partial charge in [0.1, 0.15) is 11.6 Å². The molecule has 29 heavy (non-hydrogen) atoms. The first-order valence-electron chi connectivity index (χ1n) is 9.75. The number of aryl methyl sites for hydroxylation is 2. The molecule has 7 nitrogen and oxygen atoms in total. The predicted octanol–water partition coefficient (Wildman–Crippen LogP) is 3.66. The summed E-state index contributed by atoms with van der Waals surface area (Å²) in [5.74, 6) is 2.18. The van der Waals surface area contributed by atoms with Crippen molar-refractivity contribution in [3.63, 3.8) is 0 Å². The zero-order chi connectivity index (χ0) is 20.4. The summed E-state index contributed by atoms with van der Waals surface area (Å²) in [7, 11) is 1.63. The highest BCUT2D eigenvalue weighted by Gasteiger charge is 2.33. The lowest BCUT2D eigenvalue weighted by Gasteiger charge is -2.26. The molecule has 2 aromatic heterocycles. The summed E-state index contributed by atoms with van der Waals surface area (Å²) in [5, 5.41) is 3.99. The summed E-state index contributed by atoms with van der Waals surface area (Å²) in [5.41, 5.74) is 3.39. The number of nitrogens with zero attached hydrogens (tertiary/aromatic N) is 4. The van der Waals surface area contributed by atoms with E-state index >= 15 is 0 Å². The molecule has 3 aromatic rings. The smallest absolute Gasteiger partial charge is 0.227 e. The first kappa shape index (κ1) is 19.1. The number of ether oxygens (including phenoxy) is 1. The van der Waals surface area contributed by atoms with Crippen LogP contribution in [0.3, 0.4) is 0 Å². The van der Waals surface area contributed by atoms with Gasteiger partial charge in [0.2, 0.25) is 5.91 Å². The third-order valence-electron chi connectivity index (χ3n) is 5.24. The van der Waals surface area contributed by atoms with Gasteiger partial charge in [0, 0.05) is 18.8 Å². The Kier molecular flexibility index (Phi) is 5.29. The number of aromatic nitrogens is 3. The van der Waals surface area contributed by atoms with E-state index in [1.54, 1.807) is 13.3 Å². The molecule has 0 bridgehead atoms. The summed E-state index contributed by atoms with van der Waals surface area (Å²) < 4.78 is 10.7. The number of likely N-dealkylation sites (tertiary alicyclic amines) is 1. The molecule has 1 aliphatic rings. The fraction of sp³-hybridized carbons (Fsp3) is 0.364. The van der Waals surface area contributed by atoms with Crippen molar-refractivity contribution >= 4 is 5.91 Å². The Labute approximate surface area is 169 Å². The van der Waals surface area contributed by atoms with Crippen molar-refractivity contribution in [2.24, 2.45) is 0 Å². The maximum absolute atomic E-state index is 13.1. The zero-order valence-electron chi connectivity index (χ0n) is 16.9. The van der Waals surface area contributed by atoms with E-state index in [1.165, 1.54) is 0 Å². The van der Waals surface area contributed by atoms with Crippen LogP contribution in [0.25, 0.3) is 11.3 Å². The molecule has 0 radical (unpaired) electrons. The zero-order valence-corrected chi connectivity index (χ0v) is 16.9. The lowest BCUT2D eigenvalue weighted by Crippen LogP contribution is -2.32. The van der Waals surface area contributed by atoms with Crippen molar-refractivity contribution in [3.05, 3.63) is 59.3 Å². The largest absolute Gasteiger partial charge is 0.497 e. The molecule has 1 fully saturated rings. The number of amides is 1. The fourth-order valence-electron chi connectivity index (χ4n) is 3.79. The van der Waals surface area contributed by atoms with E-state index in [0.29, 0.717) is 18.0 Å². The van der Waals surface area contributed by atoms with Crippen molar-refractivity contribution in [2.75, 3.05) is 13.7 Å². The Hall–Kier alpha value is -3.22. The standard InChI is InChI=1S/C22H24N4O3/c1-14-11-20(29-25-14)18-13-23-15(2)24-22(18)19-5-4-10-26(19)21(27)12-16-6-8-17(28-3)9-7-16/h6-9,11,13,19H,4-5,10,12H2,1-3H3/t19-/m1/s1. The van der Waals surface area contributed by atoms with Crippen LogP contribution in [-0.2, 0) is 11.2 Å². The SMILES string of the molecule is COc1ccc(CC(=O)N2CCC[C@@H]2c2nc(C)ncc2-c2cc(C)no2)cc1. The lowest BCUT2D eigenvalue weighted by atomic mass is 10.0. The maximum atomic E-state index is 13.1. The number of hydrogen-bond donors (Lipinski definition) is 0. The normalized spacial score (nSPS) is 16.2. The van der Waals surface area contributed by atoms with Crippen molar-refractivity contribution in [3.8, 4) is 17.1 Å². The Bertz CT molecular complexity index is 1010. The van der Waals surface area contributed by atoms with Crippen LogP contribution in [0, 0.1) is 13.8 Å². The average Bonchev–Trinajstić information content (AvgIpc) is 3.37. The molecular formula is C22H24N4O3. The molecule has 1 aliphatic heterocycles. The molecule has 0 aliphatic carbocycles. The molecule has 0 saturated carbocycles. The van der Waals surface area contributed by atoms with Gasteiger partial charge in [0.15, 0.2) is 5.76 Å². The number of carbonyl (C=O) groups excluding carboxylic acids is 1. The molecule has 1 saturated heterocycles. The van der Waals surface area contributed by atoms with Gasteiger partial charge in [-0.2, -0.15) is 0 Å². The van der Waals surface area contributed by atoms with Gasteiger partial charge in [-0.3, -0.25) is 4.79 Å². The lowest BCUT2D eigenvalue weighted by molar-refractivity contribution is -0.131. The highest BCUT2D eigenvalue weighted by Crippen LogP contribution is 2.37. The molecule has 0 spiro atoms. The van der Waals surface area contributed by atoms with Crippen molar-refractivity contribution in [1.29, 1.82) is 0 Å². The van der Waals surface area contributed by atoms with Gasteiger partial charge in [-0.05, 0) is 44.4 Å². The van der Waals surface area contributed by atoms with Crippen LogP contribution in [0.1, 0.15) is 41.7 Å². The fourth-order valence-corrected chi connectivity index (χ4v) is 3.79. The monoisotopic (exact) mass is 392 g/mol. The number of rotatable bonds is 5. The number of methoxy groups -OCH3 is 1. The van der Waals surface area contributed by atoms with E-state index in [4.69, 9.17) is 14.2 Å². The second-order valence-electron chi connectivity index (χ2n) is 7.32. The van der Waals surface area contributed by atoms with E-state index in [2.05, 4.69) is 10.1 Å². The highest BCUT2D eigenvalue weighted by molar-refractivity contribution is 5.80. The topological polar surface area (TPSA) is 81.4 Å². The molecule has 1 atom stereocenters. The molecule has 4 rings (SSSR count). The minimum Gasteiger partial charge on any atom is -0.497 e. The van der Waals surface area contributed by atoms with Crippen LogP contribution in [0.15, 0.2) is 41.1 Å². The van der Waals surface area contributed by atoms with Gasteiger partial charge in [0.25, 0.3) is 0 Å². The molecule has 1 amide bonds. The summed E-state index contributed by atoms with van der Waals surface area (Å²) in [6, 6.07) is 9.39. The van der Waals surface area contributed by atoms with Crippen LogP contribution in [0.4, 0.5) is 0 Å². The van der Waals surface area contributed by atoms with Gasteiger partial charge in [-0.1, -0.05) is 17.3 Å². The van der Waals surface area contributed by atoms with Crippen LogP contribution in [0.5, 0.6) is 5.75 Å². The van der Waals surface area contributed by atoms with Gasteiger partial charge in [-0.15, -0.1) is 0 Å². The van der Waals surface area contributed by atoms with E-state index in [-0.39, 0.29) is 11.9 Å². The second-order valence-corrected chi connectivity index (χ2v) is 7.32. The highest BCUT2D eigenvalue weighted by atomic mass is 16.5. The Morgan fingerprint density at radius 1 is 1.28 bits per heavy atom. The quantitative estimate of drug-likeness (QED) is 0.659. The van der Waals surface area contributed by atoms with E-state index in [9.17, 15) is 4.79 Å². The summed E-state index contributed by atoms with van der Waals surface area (Å²) in [4.78, 5) is 24.1. The van der Waals surface area contributed by atoms with E-state index < -0.39 is 0 Å². The van der Waals surface area contributed by atoms with Crippen molar-refractivity contribution in [2.45, 2.75) is 39.2 Å². The van der Waals surface area contributed by atoms with Crippen LogP contribution < -0.4 is 4.74 Å². The van der Waals surface area contributed by atoms with Gasteiger partial charge >= 0.3 is 0 Å². The van der Waals surface area contributed by atoms with Gasteiger partial charge in [0.05, 0.1) is 36.5 Å². The average molecular weight is 392 g/mol. The van der Waals surface area contributed by atoms with Gasteiger partial charge < -0.3 is 14.2 Å². The first-order valence-corrected chi connectivity index (χ1v) is 9.75. The van der Waals surface area contributed by atoms with E-state index in [0.717, 1.165) is 47.7 Å². The minimum atomic E-state index is -0.0946. The maximum Gasteiger partial charge on any atom is 0.227 e. The van der Waals surface area contributed by atoms with Crippen LogP contribution in [0.2, 0.25) is 0 Å². The molecule has 1 aromatic carbocycles. The van der Waals surface area contributed by atoms with Gasteiger partial charge in [-0.25, -0.2) is 9.97 Å². The third kappa shape index (κ3) is 3.99. The van der Waals surface area contributed by atoms with E-state index in [1.807, 2.05) is 49.1 Å². The number of hydrogen-bond acceptors (Lipinski definition) is 6. The molecule has 0 unspecified atom stereocenters. The second kappa shape index (κ2) is 8.03. The molecule has 150 valence electrons. The molecule has 3 heterocycles. The Morgan fingerprint density at radius 3 is 2.76 bits per heavy atom. The van der Waals surface area contributed by atoms with Crippen molar-refractivity contribution in [1.82, 2.24) is 20.0 Å². The Morgan fingerprint density at radius 2 is 2.07 bits per heavy atom. The predicted molar refractivity (Wildman–Crippen MR) is 107 cm³/mol. The molecule has 7 heteroatoms. The van der Waals surface area contributed by atoms with Crippen LogP contribution >= 0.6 is 0 Å². The minimum absolute atomic E-state index is 0.0913. The third-order valence-corrected chi connectivity index (χ3v) is 5.24. The first-order chi connectivity index (χ1) is 14.0. The summed E-state index contributed by atoms with van der Waals surface area (Å²) >= 11 is 0. The van der Waals surface area contributed by atoms with Crippen molar-refractivity contribution < 1.29 is 14.1 Å². The number of carbonyl (C=O) groups is 1. The summed E-state index contributed by atoms with van der Waals surface area (Å²) in [6.45, 7) is 4.46. The number of benzene rings is 1. The van der Waals surface area contributed by atoms with Crippen LogP contribution in [-0.4, -0.2) is 39.6 Å². The Balaban J connectivity index is 1.61. The molecule has 0 N–H and O–H groups in total.